The fourth-order valence-corrected chi connectivity index (χ4v) is 4.37. The van der Waals surface area contributed by atoms with Gasteiger partial charge in [-0.05, 0) is 42.7 Å². The molecule has 5 rings (SSSR count). The van der Waals surface area contributed by atoms with Crippen LogP contribution in [-0.4, -0.2) is 29.1 Å². The number of carbonyl (C=O) groups is 1. The lowest BCUT2D eigenvalue weighted by Crippen LogP contribution is -2.40. The van der Waals surface area contributed by atoms with E-state index in [9.17, 15) is 9.90 Å². The molecule has 0 unspecified atom stereocenters. The van der Waals surface area contributed by atoms with E-state index >= 15 is 0 Å². The average molecular weight is 319 g/mol. The normalized spacial score (nSPS) is 18.6. The molecule has 0 amide bonds. The lowest BCUT2D eigenvalue weighted by molar-refractivity contribution is 0.0601. The third-order valence-corrected chi connectivity index (χ3v) is 5.52. The molecule has 1 saturated heterocycles. The number of nitrogens with one attached hydrogen (secondary N) is 1. The summed E-state index contributed by atoms with van der Waals surface area (Å²) in [5.41, 5.74) is 4.08. The molecule has 4 heteroatoms. The summed E-state index contributed by atoms with van der Waals surface area (Å²) in [6.07, 6.45) is 1.60. The van der Waals surface area contributed by atoms with Crippen molar-refractivity contribution >= 4 is 16.7 Å². The molecular formula is C20H17NO3. The van der Waals surface area contributed by atoms with Crippen LogP contribution in [0.2, 0.25) is 0 Å². The number of aromatic hydroxyl groups is 1. The van der Waals surface area contributed by atoms with Crippen molar-refractivity contribution in [1.29, 1.82) is 0 Å². The highest BCUT2D eigenvalue weighted by Crippen LogP contribution is 2.49. The number of rotatable bonds is 0. The van der Waals surface area contributed by atoms with Crippen LogP contribution >= 0.6 is 0 Å². The first kappa shape index (κ1) is 13.8. The van der Waals surface area contributed by atoms with Crippen LogP contribution in [-0.2, 0) is 10.2 Å². The minimum atomic E-state index is -0.297. The van der Waals surface area contributed by atoms with Gasteiger partial charge in [0.15, 0.2) is 5.78 Å². The fraction of sp³-hybridized carbons (Fsp3) is 0.250. The summed E-state index contributed by atoms with van der Waals surface area (Å²) in [7, 11) is 0. The van der Waals surface area contributed by atoms with E-state index in [4.69, 9.17) is 4.74 Å². The van der Waals surface area contributed by atoms with E-state index in [1.165, 1.54) is 0 Å². The van der Waals surface area contributed by atoms with E-state index in [2.05, 4.69) is 4.98 Å². The second-order valence-corrected chi connectivity index (χ2v) is 6.67. The molecule has 1 aliphatic carbocycles. The zero-order valence-corrected chi connectivity index (χ0v) is 13.1. The highest BCUT2D eigenvalue weighted by molar-refractivity contribution is 6.20. The maximum atomic E-state index is 13.2. The second-order valence-electron chi connectivity index (χ2n) is 6.67. The number of hydrogen-bond donors (Lipinski definition) is 2. The fourth-order valence-electron chi connectivity index (χ4n) is 4.37. The molecule has 0 radical (unpaired) electrons. The Morgan fingerprint density at radius 1 is 1.08 bits per heavy atom. The minimum Gasteiger partial charge on any atom is -0.508 e. The van der Waals surface area contributed by atoms with E-state index in [1.807, 2.05) is 24.3 Å². The maximum Gasteiger partial charge on any atom is 0.195 e. The third-order valence-electron chi connectivity index (χ3n) is 5.52. The summed E-state index contributed by atoms with van der Waals surface area (Å²) in [5.74, 6) is 0.238. The van der Waals surface area contributed by atoms with Crippen molar-refractivity contribution in [2.45, 2.75) is 18.3 Å². The Labute approximate surface area is 139 Å². The highest BCUT2D eigenvalue weighted by atomic mass is 16.5. The Bertz CT molecular complexity index is 980. The first-order valence-electron chi connectivity index (χ1n) is 8.28. The predicted octanol–water partition coefficient (Wildman–Crippen LogP) is 3.51. The van der Waals surface area contributed by atoms with Crippen molar-refractivity contribution in [1.82, 2.24) is 4.98 Å². The van der Waals surface area contributed by atoms with E-state index < -0.39 is 0 Å². The monoisotopic (exact) mass is 319 g/mol. The number of phenols is 1. The van der Waals surface area contributed by atoms with E-state index in [-0.39, 0.29) is 16.9 Å². The van der Waals surface area contributed by atoms with Crippen LogP contribution in [0, 0.1) is 0 Å². The molecule has 2 aliphatic rings. The van der Waals surface area contributed by atoms with Crippen molar-refractivity contribution < 1.29 is 14.6 Å². The van der Waals surface area contributed by atoms with Crippen molar-refractivity contribution in [2.24, 2.45) is 0 Å². The van der Waals surface area contributed by atoms with Crippen LogP contribution in [0.1, 0.15) is 40.0 Å². The number of fused-ring (bicyclic) bond motifs is 6. The molecule has 0 atom stereocenters. The van der Waals surface area contributed by atoms with Crippen molar-refractivity contribution in [2.75, 3.05) is 13.2 Å². The van der Waals surface area contributed by atoms with Gasteiger partial charge >= 0.3 is 0 Å². The molecule has 2 heterocycles. The van der Waals surface area contributed by atoms with Gasteiger partial charge in [-0.15, -0.1) is 0 Å². The second kappa shape index (κ2) is 4.71. The van der Waals surface area contributed by atoms with Crippen molar-refractivity contribution in [3.63, 3.8) is 0 Å². The molecule has 120 valence electrons. The summed E-state index contributed by atoms with van der Waals surface area (Å²) in [6.45, 7) is 1.30. The Morgan fingerprint density at radius 2 is 1.88 bits per heavy atom. The van der Waals surface area contributed by atoms with Crippen LogP contribution < -0.4 is 0 Å². The number of para-hydroxylation sites is 1. The number of phenolic OH excluding ortho intramolecular Hbond substituents is 1. The number of aromatic amines is 1. The smallest absolute Gasteiger partial charge is 0.195 e. The molecule has 3 aromatic rings. The average Bonchev–Trinajstić information content (AvgIpc) is 3.01. The molecule has 1 fully saturated rings. The number of ether oxygens (including phenoxy) is 1. The number of hydrogen-bond acceptors (Lipinski definition) is 3. The summed E-state index contributed by atoms with van der Waals surface area (Å²) in [4.78, 5) is 16.7. The van der Waals surface area contributed by atoms with Crippen LogP contribution in [0.25, 0.3) is 10.9 Å². The molecule has 0 saturated carbocycles. The standard InChI is InChI=1S/C20H17NO3/c22-12-5-6-13-15(11-12)20(7-9-24-10-8-20)19-17(18(13)23)14-3-1-2-4-16(14)21-19/h1-6,11,21-22H,7-10H2. The molecule has 2 aromatic carbocycles. The zero-order valence-electron chi connectivity index (χ0n) is 13.1. The van der Waals surface area contributed by atoms with Gasteiger partial charge in [-0.1, -0.05) is 18.2 Å². The van der Waals surface area contributed by atoms with Gasteiger partial charge in [0, 0.05) is 40.8 Å². The van der Waals surface area contributed by atoms with Gasteiger partial charge in [0.2, 0.25) is 0 Å². The van der Waals surface area contributed by atoms with Crippen LogP contribution in [0.15, 0.2) is 42.5 Å². The van der Waals surface area contributed by atoms with E-state index in [0.29, 0.717) is 18.8 Å². The molecule has 1 aliphatic heterocycles. The van der Waals surface area contributed by atoms with Crippen LogP contribution in [0.4, 0.5) is 0 Å². The van der Waals surface area contributed by atoms with Gasteiger partial charge < -0.3 is 14.8 Å². The van der Waals surface area contributed by atoms with Gasteiger partial charge in [-0.25, -0.2) is 0 Å². The number of carbonyl (C=O) groups excluding carboxylic acids is 1. The van der Waals surface area contributed by atoms with Crippen molar-refractivity contribution in [3.8, 4) is 5.75 Å². The van der Waals surface area contributed by atoms with E-state index in [1.54, 1.807) is 18.2 Å². The van der Waals surface area contributed by atoms with Gasteiger partial charge in [0.25, 0.3) is 0 Å². The first-order chi connectivity index (χ1) is 11.7. The number of aromatic nitrogens is 1. The van der Waals surface area contributed by atoms with E-state index in [0.717, 1.165) is 40.6 Å². The summed E-state index contributed by atoms with van der Waals surface area (Å²) in [5, 5.41) is 11.0. The summed E-state index contributed by atoms with van der Waals surface area (Å²) in [6, 6.07) is 13.1. The van der Waals surface area contributed by atoms with Crippen molar-refractivity contribution in [3.05, 3.63) is 64.8 Å². The Balaban J connectivity index is 1.90. The maximum absolute atomic E-state index is 13.2. The third kappa shape index (κ3) is 1.64. The quantitative estimate of drug-likeness (QED) is 0.666. The topological polar surface area (TPSA) is 62.3 Å². The molecule has 1 spiro atoms. The Hall–Kier alpha value is -2.59. The van der Waals surface area contributed by atoms with Gasteiger partial charge in [0.1, 0.15) is 5.75 Å². The number of H-pyrrole nitrogens is 1. The molecule has 24 heavy (non-hydrogen) atoms. The summed E-state index contributed by atoms with van der Waals surface area (Å²) < 4.78 is 5.60. The zero-order chi connectivity index (χ0) is 16.3. The van der Waals surface area contributed by atoms with Crippen LogP contribution in [0.3, 0.4) is 0 Å². The lowest BCUT2D eigenvalue weighted by atomic mass is 9.64. The predicted molar refractivity (Wildman–Crippen MR) is 90.7 cm³/mol. The minimum absolute atomic E-state index is 0.0366. The SMILES string of the molecule is O=C1c2ccc(O)cc2C2(CCOCC2)c2[nH]c3ccccc3c21. The molecule has 4 nitrogen and oxygen atoms in total. The van der Waals surface area contributed by atoms with Gasteiger partial charge in [0.05, 0.1) is 5.56 Å². The molecule has 2 N–H and O–H groups in total. The Kier molecular flexibility index (Phi) is 2.71. The Morgan fingerprint density at radius 3 is 2.71 bits per heavy atom. The molecule has 0 bridgehead atoms. The number of ketones is 1. The van der Waals surface area contributed by atoms with Crippen LogP contribution in [0.5, 0.6) is 5.75 Å². The molecular weight excluding hydrogens is 302 g/mol. The number of benzene rings is 2. The first-order valence-corrected chi connectivity index (χ1v) is 8.28. The van der Waals surface area contributed by atoms with Gasteiger partial charge in [-0.2, -0.15) is 0 Å². The van der Waals surface area contributed by atoms with Gasteiger partial charge in [-0.3, -0.25) is 4.79 Å². The molecule has 1 aromatic heterocycles. The lowest BCUT2D eigenvalue weighted by Gasteiger charge is -2.41. The largest absolute Gasteiger partial charge is 0.508 e. The summed E-state index contributed by atoms with van der Waals surface area (Å²) >= 11 is 0. The highest BCUT2D eigenvalue weighted by Gasteiger charge is 2.46.